The van der Waals surface area contributed by atoms with Crippen LogP contribution in [0.25, 0.3) is 0 Å². The highest BCUT2D eigenvalue weighted by Crippen LogP contribution is 2.55. The molecule has 0 aromatic heterocycles. The van der Waals surface area contributed by atoms with E-state index in [0.717, 1.165) is 24.8 Å². The van der Waals surface area contributed by atoms with Crippen molar-refractivity contribution in [2.24, 2.45) is 5.92 Å². The topological polar surface area (TPSA) is 42.2 Å². The molecule has 2 saturated heterocycles. The van der Waals surface area contributed by atoms with Crippen LogP contribution in [0.15, 0.2) is 24.3 Å². The van der Waals surface area contributed by atoms with E-state index in [1.54, 1.807) is 0 Å². The maximum atomic E-state index is 8.82. The van der Waals surface area contributed by atoms with E-state index >= 15 is 0 Å². The number of hydrogen-bond donors (Lipinski definition) is 0. The van der Waals surface area contributed by atoms with E-state index in [2.05, 4.69) is 26.8 Å². The Morgan fingerprint density at radius 3 is 2.62 bits per heavy atom. The second-order valence-electron chi connectivity index (χ2n) is 6.95. The molecule has 3 atom stereocenters. The lowest BCUT2D eigenvalue weighted by molar-refractivity contribution is -0.0959. The van der Waals surface area contributed by atoms with Gasteiger partial charge in [-0.3, -0.25) is 0 Å². The summed E-state index contributed by atoms with van der Waals surface area (Å²) in [5.41, 5.74) is 1.69. The summed E-state index contributed by atoms with van der Waals surface area (Å²) in [5, 5.41) is 8.82. The molecule has 2 aliphatic heterocycles. The molecule has 1 aromatic carbocycles. The number of hydrogen-bond acceptors (Lipinski definition) is 3. The molecule has 2 heterocycles. The maximum absolute atomic E-state index is 8.82. The molecule has 0 saturated carbocycles. The summed E-state index contributed by atoms with van der Waals surface area (Å²) in [4.78, 5) is 0. The fourth-order valence-corrected chi connectivity index (χ4v) is 3.68. The second kappa shape index (κ2) is 5.12. The van der Waals surface area contributed by atoms with Crippen LogP contribution in [0.2, 0.25) is 0 Å². The summed E-state index contributed by atoms with van der Waals surface area (Å²) in [6.45, 7) is 7.26. The van der Waals surface area contributed by atoms with Gasteiger partial charge in [0.25, 0.3) is 0 Å². The van der Waals surface area contributed by atoms with Gasteiger partial charge in [-0.05, 0) is 43.4 Å². The van der Waals surface area contributed by atoms with E-state index < -0.39 is 0 Å². The molecule has 21 heavy (non-hydrogen) atoms. The number of fused-ring (bicyclic) bond motifs is 2. The molecule has 2 fully saturated rings. The Balaban J connectivity index is 1.65. The first-order valence-corrected chi connectivity index (χ1v) is 7.78. The predicted molar refractivity (Wildman–Crippen MR) is 80.6 cm³/mol. The zero-order valence-corrected chi connectivity index (χ0v) is 13.1. The lowest BCUT2D eigenvalue weighted by atomic mass is 9.75. The molecule has 0 aliphatic carbocycles. The quantitative estimate of drug-likeness (QED) is 0.844. The number of nitrogens with zero attached hydrogens (tertiary/aromatic N) is 1. The standard InChI is InChI=1S/C18H23NO2/c1-13(2)18-9-8-17(3,21-18)16(10-18)20-12-15-6-4-14(11-19)5-7-15/h4-7,13,16H,8-10,12H2,1-3H3/t16-,17+,18-/m0/s1. The monoisotopic (exact) mass is 285 g/mol. The van der Waals surface area contributed by atoms with Gasteiger partial charge in [-0.1, -0.05) is 26.0 Å². The highest BCUT2D eigenvalue weighted by Gasteiger charge is 2.60. The number of benzene rings is 1. The van der Waals surface area contributed by atoms with Crippen LogP contribution >= 0.6 is 0 Å². The van der Waals surface area contributed by atoms with E-state index in [0.29, 0.717) is 18.1 Å². The molecule has 2 bridgehead atoms. The van der Waals surface area contributed by atoms with E-state index in [1.807, 2.05) is 24.3 Å². The molecule has 0 radical (unpaired) electrons. The van der Waals surface area contributed by atoms with Crippen LogP contribution in [0.1, 0.15) is 51.2 Å². The van der Waals surface area contributed by atoms with Gasteiger partial charge in [-0.25, -0.2) is 0 Å². The van der Waals surface area contributed by atoms with Crippen molar-refractivity contribution in [1.29, 1.82) is 5.26 Å². The Morgan fingerprint density at radius 2 is 2.05 bits per heavy atom. The SMILES string of the molecule is CC(C)[C@@]12CC[C@@](C)(O1)[C@@H](OCc1ccc(C#N)cc1)C2. The summed E-state index contributed by atoms with van der Waals surface area (Å²) in [7, 11) is 0. The van der Waals surface area contributed by atoms with Gasteiger partial charge in [-0.2, -0.15) is 5.26 Å². The summed E-state index contributed by atoms with van der Waals surface area (Å²) in [5.74, 6) is 0.530. The van der Waals surface area contributed by atoms with Crippen LogP contribution in [0, 0.1) is 17.2 Å². The molecule has 0 amide bonds. The highest BCUT2D eigenvalue weighted by atomic mass is 16.6. The van der Waals surface area contributed by atoms with E-state index in [9.17, 15) is 0 Å². The first-order chi connectivity index (χ1) is 9.97. The van der Waals surface area contributed by atoms with Crippen molar-refractivity contribution >= 4 is 0 Å². The van der Waals surface area contributed by atoms with E-state index in [1.165, 1.54) is 0 Å². The number of rotatable bonds is 4. The minimum Gasteiger partial charge on any atom is -0.370 e. The van der Waals surface area contributed by atoms with E-state index in [4.69, 9.17) is 14.7 Å². The van der Waals surface area contributed by atoms with Crippen molar-refractivity contribution in [3.8, 4) is 6.07 Å². The Hall–Kier alpha value is -1.37. The lowest BCUT2D eigenvalue weighted by Gasteiger charge is -2.31. The minimum absolute atomic E-state index is 0.0179. The lowest BCUT2D eigenvalue weighted by Crippen LogP contribution is -2.38. The van der Waals surface area contributed by atoms with Gasteiger partial charge in [0.05, 0.1) is 35.5 Å². The smallest absolute Gasteiger partial charge is 0.0991 e. The first kappa shape index (κ1) is 14.6. The average molecular weight is 285 g/mol. The van der Waals surface area contributed by atoms with Crippen LogP contribution in [-0.4, -0.2) is 17.3 Å². The second-order valence-corrected chi connectivity index (χ2v) is 6.95. The van der Waals surface area contributed by atoms with Gasteiger partial charge in [0.1, 0.15) is 0 Å². The van der Waals surface area contributed by atoms with Crippen LogP contribution < -0.4 is 0 Å². The Bertz CT molecular complexity index is 560. The van der Waals surface area contributed by atoms with E-state index in [-0.39, 0.29) is 17.3 Å². The third kappa shape index (κ3) is 2.47. The Morgan fingerprint density at radius 1 is 1.33 bits per heavy atom. The van der Waals surface area contributed by atoms with Crippen molar-refractivity contribution in [2.45, 2.75) is 63.9 Å². The summed E-state index contributed by atoms with van der Waals surface area (Å²) in [6.07, 6.45) is 3.41. The molecule has 2 aliphatic rings. The molecule has 0 unspecified atom stereocenters. The van der Waals surface area contributed by atoms with Crippen molar-refractivity contribution < 1.29 is 9.47 Å². The van der Waals surface area contributed by atoms with Crippen LogP contribution in [0.3, 0.4) is 0 Å². The molecular weight excluding hydrogens is 262 g/mol. The van der Waals surface area contributed by atoms with Gasteiger partial charge in [0.15, 0.2) is 0 Å². The van der Waals surface area contributed by atoms with Gasteiger partial charge in [-0.15, -0.1) is 0 Å². The molecule has 3 nitrogen and oxygen atoms in total. The third-order valence-corrected chi connectivity index (χ3v) is 5.28. The fourth-order valence-electron chi connectivity index (χ4n) is 3.68. The molecule has 0 spiro atoms. The Labute approximate surface area is 126 Å². The van der Waals surface area contributed by atoms with Crippen LogP contribution in [0.5, 0.6) is 0 Å². The van der Waals surface area contributed by atoms with Crippen molar-refractivity contribution in [2.75, 3.05) is 0 Å². The largest absolute Gasteiger partial charge is 0.370 e. The van der Waals surface area contributed by atoms with Crippen molar-refractivity contribution in [1.82, 2.24) is 0 Å². The maximum Gasteiger partial charge on any atom is 0.0991 e. The molecular formula is C18H23NO2. The molecule has 3 rings (SSSR count). The van der Waals surface area contributed by atoms with Crippen LogP contribution in [-0.2, 0) is 16.1 Å². The number of nitriles is 1. The van der Waals surface area contributed by atoms with Gasteiger partial charge in [0, 0.05) is 6.42 Å². The van der Waals surface area contributed by atoms with Gasteiger partial charge >= 0.3 is 0 Å². The zero-order valence-electron chi connectivity index (χ0n) is 13.1. The molecule has 3 heteroatoms. The average Bonchev–Trinajstić information content (AvgIpc) is 2.98. The van der Waals surface area contributed by atoms with Crippen LogP contribution in [0.4, 0.5) is 0 Å². The third-order valence-electron chi connectivity index (χ3n) is 5.28. The summed E-state index contributed by atoms with van der Waals surface area (Å²) in [6, 6.07) is 9.75. The van der Waals surface area contributed by atoms with Gasteiger partial charge in [0.2, 0.25) is 0 Å². The minimum atomic E-state index is -0.128. The number of ether oxygens (including phenoxy) is 2. The molecule has 1 aromatic rings. The first-order valence-electron chi connectivity index (χ1n) is 7.78. The van der Waals surface area contributed by atoms with Crippen molar-refractivity contribution in [3.05, 3.63) is 35.4 Å². The normalized spacial score (nSPS) is 34.3. The fraction of sp³-hybridized carbons (Fsp3) is 0.611. The molecule has 0 N–H and O–H groups in total. The summed E-state index contributed by atoms with van der Waals surface area (Å²) < 4.78 is 12.5. The zero-order chi connectivity index (χ0) is 15.1. The highest BCUT2D eigenvalue weighted by molar-refractivity contribution is 5.31. The van der Waals surface area contributed by atoms with Gasteiger partial charge < -0.3 is 9.47 Å². The van der Waals surface area contributed by atoms with Crippen molar-refractivity contribution in [3.63, 3.8) is 0 Å². The Kier molecular flexibility index (Phi) is 3.55. The predicted octanol–water partition coefficient (Wildman–Crippen LogP) is 3.81. The summed E-state index contributed by atoms with van der Waals surface area (Å²) >= 11 is 0. The molecule has 112 valence electrons.